The maximum atomic E-state index is 14.7. The van der Waals surface area contributed by atoms with E-state index in [-0.39, 0.29) is 24.6 Å². The molecule has 1 heterocycles. The Morgan fingerprint density at radius 2 is 1.50 bits per heavy atom. The van der Waals surface area contributed by atoms with Crippen molar-refractivity contribution in [2.45, 2.75) is 63.8 Å². The number of carbonyl (C=O) groups is 6. The van der Waals surface area contributed by atoms with Crippen LogP contribution in [0.4, 0.5) is 10.5 Å². The van der Waals surface area contributed by atoms with Gasteiger partial charge in [0.15, 0.2) is 11.8 Å². The lowest BCUT2D eigenvalue weighted by molar-refractivity contribution is -0.148. The number of imide groups is 1. The van der Waals surface area contributed by atoms with Gasteiger partial charge in [0.2, 0.25) is 5.91 Å². The number of ketones is 1. The minimum atomic E-state index is -2.28. The number of benzene rings is 3. The first kappa shape index (κ1) is 36.9. The Balaban J connectivity index is 1.88. The number of carbonyl (C=O) groups excluding carboxylic acids is 4. The van der Waals surface area contributed by atoms with Gasteiger partial charge in [-0.1, -0.05) is 86.6 Å². The van der Waals surface area contributed by atoms with Crippen molar-refractivity contribution in [1.29, 1.82) is 0 Å². The lowest BCUT2D eigenvalue weighted by Crippen LogP contribution is -2.60. The number of hydrazone groups is 1. The maximum absolute atomic E-state index is 14.7. The Kier molecular flexibility index (Phi) is 11.5. The molecule has 6 N–H and O–H groups in total. The van der Waals surface area contributed by atoms with Crippen LogP contribution < -0.4 is 16.5 Å². The third-order valence-electron chi connectivity index (χ3n) is 8.57. The van der Waals surface area contributed by atoms with Crippen LogP contribution >= 0.6 is 0 Å². The molecule has 0 unspecified atom stereocenters. The Morgan fingerprint density at radius 3 is 2.02 bits per heavy atom. The number of rotatable bonds is 15. The molecular weight excluding hydrogens is 644 g/mol. The third kappa shape index (κ3) is 7.55. The van der Waals surface area contributed by atoms with Gasteiger partial charge in [0.25, 0.3) is 5.91 Å². The number of anilines is 1. The highest BCUT2D eigenvalue weighted by molar-refractivity contribution is 6.18. The summed E-state index contributed by atoms with van der Waals surface area (Å²) in [6.45, 7) is 5.00. The van der Waals surface area contributed by atoms with Crippen molar-refractivity contribution in [2.24, 2.45) is 22.6 Å². The third-order valence-corrected chi connectivity index (χ3v) is 8.57. The topological polar surface area (TPSA) is 217 Å². The molecule has 262 valence electrons. The Labute approximate surface area is 288 Å². The minimum absolute atomic E-state index is 0.0337. The van der Waals surface area contributed by atoms with E-state index in [9.17, 15) is 39.0 Å². The number of urea groups is 1. The molecule has 1 fully saturated rings. The average Bonchev–Trinajstić information content (AvgIpc) is 3.26. The molecule has 50 heavy (non-hydrogen) atoms. The smallest absolute Gasteiger partial charge is 0.334 e. The number of carboxylic acids is 2. The van der Waals surface area contributed by atoms with Gasteiger partial charge in [0.1, 0.15) is 11.6 Å². The Hall–Kier alpha value is -5.89. The molecule has 1 aliphatic rings. The summed E-state index contributed by atoms with van der Waals surface area (Å²) in [6, 6.07) is 16.4. The molecule has 4 amide bonds. The maximum Gasteiger partial charge on any atom is 0.334 e. The van der Waals surface area contributed by atoms with E-state index >= 15 is 0 Å². The fourth-order valence-electron chi connectivity index (χ4n) is 6.07. The normalized spacial score (nSPS) is 17.9. The number of nitrogens with zero attached hydrogens (tertiary/aromatic N) is 4. The summed E-state index contributed by atoms with van der Waals surface area (Å²) in [7, 11) is 0. The van der Waals surface area contributed by atoms with Gasteiger partial charge in [-0.05, 0) is 48.1 Å². The number of amides is 4. The Morgan fingerprint density at radius 1 is 0.920 bits per heavy atom. The van der Waals surface area contributed by atoms with Crippen LogP contribution in [0, 0.1) is 5.92 Å². The monoisotopic (exact) mass is 684 g/mol. The van der Waals surface area contributed by atoms with E-state index in [2.05, 4.69) is 5.10 Å². The number of hydrogen-bond acceptors (Lipinski definition) is 9. The van der Waals surface area contributed by atoms with Gasteiger partial charge in [-0.3, -0.25) is 29.0 Å². The van der Waals surface area contributed by atoms with E-state index in [1.165, 1.54) is 35.4 Å². The lowest BCUT2D eigenvalue weighted by atomic mass is 9.88. The molecule has 0 saturated carbocycles. The molecule has 3 aromatic carbocycles. The van der Waals surface area contributed by atoms with E-state index in [1.807, 2.05) is 0 Å². The number of carboxylic acid groups (broad SMARTS) is 2. The summed E-state index contributed by atoms with van der Waals surface area (Å²) < 4.78 is 0. The van der Waals surface area contributed by atoms with Gasteiger partial charge in [0, 0.05) is 12.2 Å². The summed E-state index contributed by atoms with van der Waals surface area (Å²) in [5, 5.41) is 23.4. The molecule has 3 aromatic rings. The SMILES string of the molecule is CC(C)C[C@H](C(=O)[C@@H](C(=O)O)N(C(=O)[C@@H](N)CC(=O)O)c1ccccc1)N1C(=O)N(Cc2ccccc2)[C@@](C)(c2ccc(C=NN)cc2)C1=O. The summed E-state index contributed by atoms with van der Waals surface area (Å²) in [6.07, 6.45) is 0.427. The summed E-state index contributed by atoms with van der Waals surface area (Å²) in [5.41, 5.74) is 5.96. The first-order valence-electron chi connectivity index (χ1n) is 15.9. The molecular formula is C36H40N6O8. The second-order valence-electron chi connectivity index (χ2n) is 12.5. The first-order chi connectivity index (χ1) is 23.7. The highest BCUT2D eigenvalue weighted by Gasteiger charge is 2.59. The molecule has 0 spiro atoms. The van der Waals surface area contributed by atoms with Crippen molar-refractivity contribution in [2.75, 3.05) is 4.90 Å². The van der Waals surface area contributed by atoms with Crippen LogP contribution in [0.25, 0.3) is 0 Å². The van der Waals surface area contributed by atoms with Crippen LogP contribution in [0.2, 0.25) is 0 Å². The molecule has 14 heteroatoms. The summed E-state index contributed by atoms with van der Waals surface area (Å²) in [5.74, 6) is -1.26. The lowest BCUT2D eigenvalue weighted by Gasteiger charge is -2.34. The van der Waals surface area contributed by atoms with Crippen molar-refractivity contribution in [1.82, 2.24) is 9.80 Å². The van der Waals surface area contributed by atoms with Gasteiger partial charge >= 0.3 is 18.0 Å². The van der Waals surface area contributed by atoms with Crippen molar-refractivity contribution in [3.63, 3.8) is 0 Å². The van der Waals surface area contributed by atoms with Crippen LogP contribution in [0.1, 0.15) is 50.3 Å². The highest BCUT2D eigenvalue weighted by Crippen LogP contribution is 2.41. The van der Waals surface area contributed by atoms with E-state index < -0.39 is 65.7 Å². The molecule has 1 saturated heterocycles. The summed E-state index contributed by atoms with van der Waals surface area (Å²) >= 11 is 0. The molecule has 4 atom stereocenters. The predicted octanol–water partition coefficient (Wildman–Crippen LogP) is 2.93. The standard InChI is InChI=1S/C36H40N6O8/c1-22(2)18-28(31(45)30(33(47)48)41(26-12-8-5-9-13-26)32(46)27(37)19-29(43)44)42-34(49)36(3,25-16-14-23(15-17-25)20-39-38)40(35(42)50)21-24-10-6-4-7-11-24/h4-17,20,22,27-28,30H,18-19,21,37-38H2,1-3H3,(H,43,44)(H,47,48)/t27-,28+,30-,36-/m0/s1. The van der Waals surface area contributed by atoms with Crippen LogP contribution in [0.15, 0.2) is 90.0 Å². The molecule has 4 rings (SSSR count). The van der Waals surface area contributed by atoms with Crippen molar-refractivity contribution < 1.29 is 39.0 Å². The zero-order valence-electron chi connectivity index (χ0n) is 27.9. The van der Waals surface area contributed by atoms with Crippen molar-refractivity contribution >= 4 is 47.5 Å². The second-order valence-corrected chi connectivity index (χ2v) is 12.5. The zero-order chi connectivity index (χ0) is 36.7. The molecule has 0 bridgehead atoms. The molecule has 14 nitrogen and oxygen atoms in total. The van der Waals surface area contributed by atoms with E-state index in [4.69, 9.17) is 11.6 Å². The van der Waals surface area contributed by atoms with E-state index in [0.29, 0.717) is 21.6 Å². The van der Waals surface area contributed by atoms with Crippen LogP contribution in [0.5, 0.6) is 0 Å². The molecule has 1 aliphatic heterocycles. The number of para-hydroxylation sites is 1. The molecule has 0 radical (unpaired) electrons. The number of aliphatic carboxylic acids is 2. The number of nitrogens with two attached hydrogens (primary N) is 2. The Bertz CT molecular complexity index is 1770. The quantitative estimate of drug-likeness (QED) is 0.0603. The van der Waals surface area contributed by atoms with Crippen molar-refractivity contribution in [3.8, 4) is 0 Å². The minimum Gasteiger partial charge on any atom is -0.481 e. The fourth-order valence-corrected chi connectivity index (χ4v) is 6.07. The highest BCUT2D eigenvalue weighted by atomic mass is 16.4. The van der Waals surface area contributed by atoms with Crippen LogP contribution in [0.3, 0.4) is 0 Å². The van der Waals surface area contributed by atoms with Gasteiger partial charge < -0.3 is 26.7 Å². The second kappa shape index (κ2) is 15.6. The van der Waals surface area contributed by atoms with Gasteiger partial charge in [-0.15, -0.1) is 0 Å². The summed E-state index contributed by atoms with van der Waals surface area (Å²) in [4.78, 5) is 84.8. The van der Waals surface area contributed by atoms with Crippen molar-refractivity contribution in [3.05, 3.63) is 102 Å². The number of hydrogen-bond donors (Lipinski definition) is 4. The molecule has 0 aliphatic carbocycles. The van der Waals surface area contributed by atoms with E-state index in [1.54, 1.807) is 81.4 Å². The predicted molar refractivity (Wildman–Crippen MR) is 184 cm³/mol. The van der Waals surface area contributed by atoms with Gasteiger partial charge in [-0.25, -0.2) is 9.59 Å². The van der Waals surface area contributed by atoms with Gasteiger partial charge in [0.05, 0.1) is 18.7 Å². The average molecular weight is 685 g/mol. The fraction of sp³-hybridized carbons (Fsp3) is 0.306. The van der Waals surface area contributed by atoms with Crippen LogP contribution in [-0.4, -0.2) is 79.9 Å². The number of Topliss-reactive ketones (excluding diaryl/α,β-unsaturated/α-hetero) is 1. The van der Waals surface area contributed by atoms with Gasteiger partial charge in [-0.2, -0.15) is 5.10 Å². The van der Waals surface area contributed by atoms with Crippen LogP contribution in [-0.2, 0) is 36.1 Å². The molecule has 0 aromatic heterocycles. The van der Waals surface area contributed by atoms with E-state index in [0.717, 1.165) is 4.90 Å². The zero-order valence-corrected chi connectivity index (χ0v) is 27.9. The first-order valence-corrected chi connectivity index (χ1v) is 15.9. The largest absolute Gasteiger partial charge is 0.481 e.